The molecule has 0 spiro atoms. The van der Waals surface area contributed by atoms with E-state index in [1.54, 1.807) is 0 Å². The normalized spacial score (nSPS) is 31.3. The highest BCUT2D eigenvalue weighted by molar-refractivity contribution is 5.90. The molecule has 2 rings (SSSR count). The van der Waals surface area contributed by atoms with Crippen LogP contribution in [0.2, 0.25) is 0 Å². The largest absolute Gasteiger partial charge is 0.353 e. The Balaban J connectivity index is 1.72. The Morgan fingerprint density at radius 2 is 2.29 bits per heavy atom. The Morgan fingerprint density at radius 1 is 1.53 bits per heavy atom. The molecule has 0 radical (unpaired) electrons. The molecule has 2 aliphatic heterocycles. The van der Waals surface area contributed by atoms with Crippen molar-refractivity contribution in [1.82, 2.24) is 16.0 Å². The van der Waals surface area contributed by atoms with Crippen LogP contribution in [0.4, 0.5) is 8.78 Å². The van der Waals surface area contributed by atoms with E-state index < -0.39 is 18.0 Å². The maximum Gasteiger partial charge on any atom is 0.261 e. The second kappa shape index (κ2) is 4.56. The van der Waals surface area contributed by atoms with Crippen molar-refractivity contribution in [2.45, 2.75) is 37.3 Å². The summed E-state index contributed by atoms with van der Waals surface area (Å²) in [5.41, 5.74) is 0. The molecule has 2 heterocycles. The number of carbonyl (C=O) groups is 2. The number of alkyl halides is 2. The molecular formula is C10H15F2N3O2. The SMILES string of the molecule is O=C1CCC(C(=O)NCC2CC(F)(F)CN2)N1. The van der Waals surface area contributed by atoms with Gasteiger partial charge in [-0.3, -0.25) is 9.59 Å². The molecule has 2 unspecified atom stereocenters. The van der Waals surface area contributed by atoms with Crippen LogP contribution < -0.4 is 16.0 Å². The van der Waals surface area contributed by atoms with Crippen molar-refractivity contribution in [1.29, 1.82) is 0 Å². The van der Waals surface area contributed by atoms with Gasteiger partial charge in [0.25, 0.3) is 5.92 Å². The van der Waals surface area contributed by atoms with E-state index in [0.717, 1.165) is 0 Å². The van der Waals surface area contributed by atoms with Crippen LogP contribution in [0.1, 0.15) is 19.3 Å². The molecule has 3 N–H and O–H groups in total. The second-order valence-corrected chi connectivity index (χ2v) is 4.54. The van der Waals surface area contributed by atoms with Gasteiger partial charge in [-0.15, -0.1) is 0 Å². The lowest BCUT2D eigenvalue weighted by atomic mass is 10.2. The fourth-order valence-electron chi connectivity index (χ4n) is 2.10. The number of halogens is 2. The number of hydrogen-bond acceptors (Lipinski definition) is 3. The molecular weight excluding hydrogens is 232 g/mol. The van der Waals surface area contributed by atoms with Crippen LogP contribution in [0.15, 0.2) is 0 Å². The lowest BCUT2D eigenvalue weighted by molar-refractivity contribution is -0.125. The van der Waals surface area contributed by atoms with Gasteiger partial charge in [-0.05, 0) is 6.42 Å². The molecule has 17 heavy (non-hydrogen) atoms. The highest BCUT2D eigenvalue weighted by Crippen LogP contribution is 2.24. The summed E-state index contributed by atoms with van der Waals surface area (Å²) in [5, 5.41) is 7.75. The lowest BCUT2D eigenvalue weighted by Gasteiger charge is -2.14. The summed E-state index contributed by atoms with van der Waals surface area (Å²) in [7, 11) is 0. The van der Waals surface area contributed by atoms with Gasteiger partial charge in [-0.2, -0.15) is 0 Å². The molecule has 0 saturated carbocycles. The zero-order valence-electron chi connectivity index (χ0n) is 9.26. The van der Waals surface area contributed by atoms with Crippen molar-refractivity contribution >= 4 is 11.8 Å². The second-order valence-electron chi connectivity index (χ2n) is 4.54. The molecule has 0 aliphatic carbocycles. The van der Waals surface area contributed by atoms with E-state index in [1.165, 1.54) is 0 Å². The summed E-state index contributed by atoms with van der Waals surface area (Å²) in [6, 6.07) is -0.907. The first-order chi connectivity index (χ1) is 7.96. The van der Waals surface area contributed by atoms with Crippen molar-refractivity contribution in [3.8, 4) is 0 Å². The lowest BCUT2D eigenvalue weighted by Crippen LogP contribution is -2.45. The van der Waals surface area contributed by atoms with Crippen LogP contribution in [-0.4, -0.2) is 42.9 Å². The van der Waals surface area contributed by atoms with E-state index in [9.17, 15) is 18.4 Å². The molecule has 0 aromatic rings. The van der Waals surface area contributed by atoms with Gasteiger partial charge in [-0.25, -0.2) is 8.78 Å². The van der Waals surface area contributed by atoms with E-state index in [-0.39, 0.29) is 31.3 Å². The van der Waals surface area contributed by atoms with Gasteiger partial charge >= 0.3 is 0 Å². The predicted octanol–water partition coefficient (Wildman–Crippen LogP) is -0.622. The first kappa shape index (κ1) is 12.2. The molecule has 0 aromatic heterocycles. The summed E-state index contributed by atoms with van der Waals surface area (Å²) in [6.45, 7) is -0.172. The maximum absolute atomic E-state index is 12.8. The zero-order chi connectivity index (χ0) is 12.5. The fraction of sp³-hybridized carbons (Fsp3) is 0.800. The molecule has 0 bridgehead atoms. The van der Waals surface area contributed by atoms with Crippen LogP contribution >= 0.6 is 0 Å². The van der Waals surface area contributed by atoms with Gasteiger partial charge in [0.05, 0.1) is 6.54 Å². The van der Waals surface area contributed by atoms with E-state index in [1.807, 2.05) is 0 Å². The third-order valence-corrected chi connectivity index (χ3v) is 3.03. The van der Waals surface area contributed by atoms with E-state index in [2.05, 4.69) is 16.0 Å². The first-order valence-electron chi connectivity index (χ1n) is 5.64. The zero-order valence-corrected chi connectivity index (χ0v) is 9.26. The summed E-state index contributed by atoms with van der Waals surface area (Å²) in [6.07, 6.45) is 0.557. The van der Waals surface area contributed by atoms with Crippen molar-refractivity contribution in [2.24, 2.45) is 0 Å². The van der Waals surface area contributed by atoms with Crippen molar-refractivity contribution in [2.75, 3.05) is 13.1 Å². The smallest absolute Gasteiger partial charge is 0.261 e. The highest BCUT2D eigenvalue weighted by atomic mass is 19.3. The summed E-state index contributed by atoms with van der Waals surface area (Å²) < 4.78 is 25.7. The van der Waals surface area contributed by atoms with Crippen LogP contribution in [0.5, 0.6) is 0 Å². The Morgan fingerprint density at radius 3 is 2.82 bits per heavy atom. The van der Waals surface area contributed by atoms with E-state index in [0.29, 0.717) is 12.8 Å². The maximum atomic E-state index is 12.8. The Labute approximate surface area is 97.3 Å². The van der Waals surface area contributed by atoms with Gasteiger partial charge in [0.1, 0.15) is 6.04 Å². The molecule has 7 heteroatoms. The third kappa shape index (κ3) is 3.12. The summed E-state index contributed by atoms with van der Waals surface area (Å²) in [5.74, 6) is -3.12. The minimum Gasteiger partial charge on any atom is -0.353 e. The van der Waals surface area contributed by atoms with Gasteiger partial charge in [-0.1, -0.05) is 0 Å². The van der Waals surface area contributed by atoms with Crippen LogP contribution in [0.25, 0.3) is 0 Å². The molecule has 2 atom stereocenters. The average Bonchev–Trinajstić information content (AvgIpc) is 2.81. The third-order valence-electron chi connectivity index (χ3n) is 3.03. The Bertz CT molecular complexity index is 336. The molecule has 96 valence electrons. The number of carbonyl (C=O) groups excluding carboxylic acids is 2. The first-order valence-corrected chi connectivity index (χ1v) is 5.64. The topological polar surface area (TPSA) is 70.2 Å². The molecule has 0 aromatic carbocycles. The fourth-order valence-corrected chi connectivity index (χ4v) is 2.10. The number of nitrogens with one attached hydrogen (secondary N) is 3. The minimum atomic E-state index is -2.68. The summed E-state index contributed by atoms with van der Waals surface area (Å²) >= 11 is 0. The average molecular weight is 247 g/mol. The summed E-state index contributed by atoms with van der Waals surface area (Å²) in [4.78, 5) is 22.5. The Hall–Kier alpha value is -1.24. The van der Waals surface area contributed by atoms with Gasteiger partial charge in [0, 0.05) is 25.4 Å². The van der Waals surface area contributed by atoms with E-state index >= 15 is 0 Å². The quantitative estimate of drug-likeness (QED) is 0.622. The predicted molar refractivity (Wildman–Crippen MR) is 55.5 cm³/mol. The van der Waals surface area contributed by atoms with Crippen molar-refractivity contribution in [3.05, 3.63) is 0 Å². The number of rotatable bonds is 3. The molecule has 5 nitrogen and oxygen atoms in total. The van der Waals surface area contributed by atoms with Gasteiger partial charge in [0.15, 0.2) is 0 Å². The van der Waals surface area contributed by atoms with Crippen LogP contribution in [0.3, 0.4) is 0 Å². The molecule has 2 fully saturated rings. The van der Waals surface area contributed by atoms with Crippen LogP contribution in [0, 0.1) is 0 Å². The molecule has 2 amide bonds. The Kier molecular flexibility index (Phi) is 3.28. The number of hydrogen-bond donors (Lipinski definition) is 3. The highest BCUT2D eigenvalue weighted by Gasteiger charge is 2.39. The molecule has 2 saturated heterocycles. The van der Waals surface area contributed by atoms with Gasteiger partial charge < -0.3 is 16.0 Å². The minimum absolute atomic E-state index is 0.143. The monoisotopic (exact) mass is 247 g/mol. The molecule has 2 aliphatic rings. The number of amides is 2. The van der Waals surface area contributed by atoms with Crippen LogP contribution in [-0.2, 0) is 9.59 Å². The standard InChI is InChI=1S/C10H15F2N3O2/c11-10(12)3-6(14-5-10)4-13-9(17)7-1-2-8(16)15-7/h6-7,14H,1-5H2,(H,13,17)(H,15,16). The van der Waals surface area contributed by atoms with Crippen molar-refractivity contribution < 1.29 is 18.4 Å². The van der Waals surface area contributed by atoms with Gasteiger partial charge in [0.2, 0.25) is 11.8 Å². The van der Waals surface area contributed by atoms with Crippen molar-refractivity contribution in [3.63, 3.8) is 0 Å². The van der Waals surface area contributed by atoms with E-state index in [4.69, 9.17) is 0 Å².